The SMILES string of the molecule is C#CCN(CCC)C(=O)NC1(C(=O)O)CCCC(C)C1. The topological polar surface area (TPSA) is 69.6 Å². The van der Waals surface area contributed by atoms with Crippen LogP contribution in [0.3, 0.4) is 0 Å². The number of hydrogen-bond donors (Lipinski definition) is 2. The third-order valence-electron chi connectivity index (χ3n) is 3.82. The Labute approximate surface area is 120 Å². The number of urea groups is 1. The Morgan fingerprint density at radius 3 is 2.75 bits per heavy atom. The molecule has 0 aromatic carbocycles. The van der Waals surface area contributed by atoms with Crippen molar-refractivity contribution in [3.05, 3.63) is 0 Å². The van der Waals surface area contributed by atoms with E-state index in [0.29, 0.717) is 25.3 Å². The molecule has 0 spiro atoms. The van der Waals surface area contributed by atoms with Gasteiger partial charge in [-0.3, -0.25) is 0 Å². The van der Waals surface area contributed by atoms with Gasteiger partial charge in [0.1, 0.15) is 5.54 Å². The molecule has 0 aromatic heterocycles. The third kappa shape index (κ3) is 3.89. The minimum Gasteiger partial charge on any atom is -0.480 e. The van der Waals surface area contributed by atoms with Gasteiger partial charge in [-0.05, 0) is 25.2 Å². The molecule has 2 atom stereocenters. The van der Waals surface area contributed by atoms with Gasteiger partial charge in [-0.1, -0.05) is 32.6 Å². The first-order valence-electron chi connectivity index (χ1n) is 7.19. The summed E-state index contributed by atoms with van der Waals surface area (Å²) >= 11 is 0. The fourth-order valence-corrected chi connectivity index (χ4v) is 2.83. The molecule has 0 heterocycles. The van der Waals surface area contributed by atoms with E-state index in [9.17, 15) is 14.7 Å². The Morgan fingerprint density at radius 2 is 2.25 bits per heavy atom. The molecule has 1 aliphatic rings. The van der Waals surface area contributed by atoms with Gasteiger partial charge in [0.25, 0.3) is 0 Å². The van der Waals surface area contributed by atoms with Gasteiger partial charge < -0.3 is 15.3 Å². The molecular weight excluding hydrogens is 256 g/mol. The minimum absolute atomic E-state index is 0.199. The van der Waals surface area contributed by atoms with E-state index in [1.807, 2.05) is 13.8 Å². The van der Waals surface area contributed by atoms with E-state index in [1.54, 1.807) is 0 Å². The van der Waals surface area contributed by atoms with Gasteiger partial charge in [0, 0.05) is 6.54 Å². The van der Waals surface area contributed by atoms with Gasteiger partial charge in [-0.2, -0.15) is 0 Å². The fourth-order valence-electron chi connectivity index (χ4n) is 2.83. The average Bonchev–Trinajstić information content (AvgIpc) is 2.38. The third-order valence-corrected chi connectivity index (χ3v) is 3.82. The first kappa shape index (κ1) is 16.4. The Morgan fingerprint density at radius 1 is 1.55 bits per heavy atom. The zero-order valence-corrected chi connectivity index (χ0v) is 12.3. The van der Waals surface area contributed by atoms with Crippen LogP contribution in [0.15, 0.2) is 0 Å². The van der Waals surface area contributed by atoms with E-state index in [4.69, 9.17) is 6.42 Å². The first-order valence-corrected chi connectivity index (χ1v) is 7.19. The lowest BCUT2D eigenvalue weighted by molar-refractivity contribution is -0.146. The number of terminal acetylenes is 1. The molecule has 0 aliphatic heterocycles. The first-order chi connectivity index (χ1) is 9.45. The summed E-state index contributed by atoms with van der Waals surface area (Å²) in [5.41, 5.74) is -1.14. The van der Waals surface area contributed by atoms with Crippen molar-refractivity contribution >= 4 is 12.0 Å². The Hall–Kier alpha value is -1.70. The van der Waals surface area contributed by atoms with Crippen LogP contribution >= 0.6 is 0 Å². The maximum Gasteiger partial charge on any atom is 0.329 e. The van der Waals surface area contributed by atoms with Gasteiger partial charge in [-0.25, -0.2) is 9.59 Å². The van der Waals surface area contributed by atoms with E-state index in [1.165, 1.54) is 4.90 Å². The summed E-state index contributed by atoms with van der Waals surface area (Å²) in [5, 5.41) is 12.2. The van der Waals surface area contributed by atoms with Gasteiger partial charge in [-0.15, -0.1) is 6.42 Å². The second-order valence-corrected chi connectivity index (χ2v) is 5.64. The number of carbonyl (C=O) groups is 2. The van der Waals surface area contributed by atoms with Crippen LogP contribution in [0.1, 0.15) is 46.0 Å². The molecule has 0 bridgehead atoms. The molecule has 112 valence electrons. The molecule has 2 N–H and O–H groups in total. The summed E-state index contributed by atoms with van der Waals surface area (Å²) in [6, 6.07) is -0.374. The van der Waals surface area contributed by atoms with E-state index in [0.717, 1.165) is 19.3 Å². The molecule has 0 radical (unpaired) electrons. The quantitative estimate of drug-likeness (QED) is 0.757. The second kappa shape index (κ2) is 7.18. The van der Waals surface area contributed by atoms with Crippen molar-refractivity contribution in [1.82, 2.24) is 10.2 Å². The number of hydrogen-bond acceptors (Lipinski definition) is 2. The minimum atomic E-state index is -1.14. The highest BCUT2D eigenvalue weighted by Gasteiger charge is 2.43. The largest absolute Gasteiger partial charge is 0.480 e. The van der Waals surface area contributed by atoms with Crippen LogP contribution in [-0.2, 0) is 4.79 Å². The molecule has 1 aliphatic carbocycles. The maximum absolute atomic E-state index is 12.3. The lowest BCUT2D eigenvalue weighted by Gasteiger charge is -2.38. The van der Waals surface area contributed by atoms with Crippen molar-refractivity contribution in [1.29, 1.82) is 0 Å². The number of rotatable bonds is 5. The fraction of sp³-hybridized carbons (Fsp3) is 0.733. The van der Waals surface area contributed by atoms with Crippen molar-refractivity contribution in [3.8, 4) is 12.3 Å². The number of carboxylic acids is 1. The number of amides is 2. The smallest absolute Gasteiger partial charge is 0.329 e. The van der Waals surface area contributed by atoms with Crippen LogP contribution in [0.2, 0.25) is 0 Å². The highest BCUT2D eigenvalue weighted by atomic mass is 16.4. The molecule has 20 heavy (non-hydrogen) atoms. The van der Waals surface area contributed by atoms with E-state index in [2.05, 4.69) is 11.2 Å². The number of nitrogens with one attached hydrogen (secondary N) is 1. The molecule has 1 saturated carbocycles. The molecule has 1 rings (SSSR count). The summed E-state index contributed by atoms with van der Waals surface area (Å²) < 4.78 is 0. The van der Waals surface area contributed by atoms with Gasteiger partial charge in [0.15, 0.2) is 0 Å². The Bertz CT molecular complexity index is 402. The summed E-state index contributed by atoms with van der Waals surface area (Å²) in [6.07, 6.45) is 8.82. The molecule has 2 unspecified atom stereocenters. The summed E-state index contributed by atoms with van der Waals surface area (Å²) in [7, 11) is 0. The van der Waals surface area contributed by atoms with Crippen molar-refractivity contribution in [2.24, 2.45) is 5.92 Å². The van der Waals surface area contributed by atoms with E-state index in [-0.39, 0.29) is 12.6 Å². The number of nitrogens with zero attached hydrogens (tertiary/aromatic N) is 1. The van der Waals surface area contributed by atoms with Gasteiger partial charge in [0.2, 0.25) is 0 Å². The van der Waals surface area contributed by atoms with Crippen LogP contribution in [-0.4, -0.2) is 40.6 Å². The second-order valence-electron chi connectivity index (χ2n) is 5.64. The number of carbonyl (C=O) groups excluding carboxylic acids is 1. The zero-order chi connectivity index (χ0) is 15.2. The van der Waals surface area contributed by atoms with E-state index < -0.39 is 11.5 Å². The summed E-state index contributed by atoms with van der Waals surface area (Å²) in [4.78, 5) is 25.4. The lowest BCUT2D eigenvalue weighted by atomic mass is 9.76. The van der Waals surface area contributed by atoms with Crippen molar-refractivity contribution in [2.75, 3.05) is 13.1 Å². The Balaban J connectivity index is 2.82. The molecular formula is C15H24N2O3. The predicted molar refractivity (Wildman–Crippen MR) is 77.2 cm³/mol. The van der Waals surface area contributed by atoms with Crippen LogP contribution in [0.25, 0.3) is 0 Å². The van der Waals surface area contributed by atoms with Gasteiger partial charge in [0.05, 0.1) is 6.54 Å². The lowest BCUT2D eigenvalue weighted by Crippen LogP contribution is -2.59. The summed E-state index contributed by atoms with van der Waals surface area (Å²) in [5.74, 6) is 1.79. The molecule has 2 amide bonds. The maximum atomic E-state index is 12.3. The molecule has 5 heteroatoms. The van der Waals surface area contributed by atoms with E-state index >= 15 is 0 Å². The van der Waals surface area contributed by atoms with Crippen LogP contribution in [0, 0.1) is 18.3 Å². The standard InChI is InChI=1S/C15H24N2O3/c1-4-9-17(10-5-2)14(20)16-15(13(18)19)8-6-7-12(3)11-15/h1,12H,5-11H2,2-3H3,(H,16,20)(H,18,19). The number of carboxylic acid groups (broad SMARTS) is 1. The molecule has 0 saturated heterocycles. The summed E-state index contributed by atoms with van der Waals surface area (Å²) in [6.45, 7) is 4.70. The molecule has 0 aromatic rings. The average molecular weight is 280 g/mol. The Kier molecular flexibility index (Phi) is 5.87. The molecule has 1 fully saturated rings. The van der Waals surface area contributed by atoms with Crippen LogP contribution < -0.4 is 5.32 Å². The van der Waals surface area contributed by atoms with Crippen molar-refractivity contribution in [3.63, 3.8) is 0 Å². The van der Waals surface area contributed by atoms with Gasteiger partial charge >= 0.3 is 12.0 Å². The van der Waals surface area contributed by atoms with Crippen molar-refractivity contribution in [2.45, 2.75) is 51.5 Å². The normalized spacial score (nSPS) is 25.6. The molecule has 5 nitrogen and oxygen atoms in total. The van der Waals surface area contributed by atoms with Crippen LogP contribution in [0.4, 0.5) is 4.79 Å². The monoisotopic (exact) mass is 280 g/mol. The zero-order valence-electron chi connectivity index (χ0n) is 12.3. The highest BCUT2D eigenvalue weighted by molar-refractivity contribution is 5.86. The number of aliphatic carboxylic acids is 1. The predicted octanol–water partition coefficient (Wildman–Crippen LogP) is 2.07. The van der Waals surface area contributed by atoms with Crippen molar-refractivity contribution < 1.29 is 14.7 Å². The highest BCUT2D eigenvalue weighted by Crippen LogP contribution is 2.32. The van der Waals surface area contributed by atoms with Crippen LogP contribution in [0.5, 0.6) is 0 Å².